The molecule has 0 unspecified atom stereocenters. The summed E-state index contributed by atoms with van der Waals surface area (Å²) in [5.74, 6) is -0.937. The predicted molar refractivity (Wildman–Crippen MR) is 64.4 cm³/mol. The number of carbonyl (C=O) groups excluding carboxylic acids is 2. The van der Waals surface area contributed by atoms with Crippen molar-refractivity contribution in [2.45, 2.75) is 0 Å². The molecular weight excluding hydrogens is 252 g/mol. The van der Waals surface area contributed by atoms with Gasteiger partial charge in [-0.25, -0.2) is 4.79 Å². The fraction of sp³-hybridized carbons (Fsp3) is 0. The first-order valence-electron chi connectivity index (χ1n) is 4.91. The lowest BCUT2D eigenvalue weighted by Gasteiger charge is -1.99. The molecule has 0 aromatic heterocycles. The molecule has 0 saturated heterocycles. The molecule has 0 heterocycles. The molecule has 0 saturated carbocycles. The number of nitro benzene ring substituents is 1. The Bertz CT molecular complexity index is 598. The van der Waals surface area contributed by atoms with E-state index in [1.807, 2.05) is 0 Å². The van der Waals surface area contributed by atoms with Crippen molar-refractivity contribution in [1.82, 2.24) is 5.32 Å². The number of nitrogens with zero attached hydrogens (tertiary/aromatic N) is 2. The van der Waals surface area contributed by atoms with Crippen molar-refractivity contribution in [3.05, 3.63) is 45.5 Å². The van der Waals surface area contributed by atoms with Crippen LogP contribution in [0.15, 0.2) is 29.8 Å². The molecule has 1 aromatic carbocycles. The maximum absolute atomic E-state index is 11.4. The first-order valence-corrected chi connectivity index (χ1v) is 4.91. The number of hydrogen-bond donors (Lipinski definition) is 2. The number of nitro groups is 1. The molecule has 0 spiro atoms. The van der Waals surface area contributed by atoms with Crippen molar-refractivity contribution < 1.29 is 14.5 Å². The van der Waals surface area contributed by atoms with Crippen LogP contribution in [0.25, 0.3) is 6.08 Å². The summed E-state index contributed by atoms with van der Waals surface area (Å²) >= 11 is 0. The predicted octanol–water partition coefficient (Wildman–Crippen LogP) is 0.697. The first kappa shape index (κ1) is 13.9. The number of non-ortho nitro benzene ring substituents is 1. The number of hydrogen-bond acceptors (Lipinski definition) is 5. The third-order valence-corrected chi connectivity index (χ3v) is 2.02. The number of primary amides is 1. The number of imide groups is 1. The number of nitriles is 1. The molecule has 0 aliphatic carbocycles. The van der Waals surface area contributed by atoms with E-state index in [9.17, 15) is 19.7 Å². The number of rotatable bonds is 3. The third-order valence-electron chi connectivity index (χ3n) is 2.02. The smallest absolute Gasteiger partial charge is 0.319 e. The molecule has 0 radical (unpaired) electrons. The Balaban J connectivity index is 2.98. The van der Waals surface area contributed by atoms with Gasteiger partial charge in [0, 0.05) is 12.1 Å². The van der Waals surface area contributed by atoms with Crippen LogP contribution < -0.4 is 11.1 Å². The maximum atomic E-state index is 11.4. The van der Waals surface area contributed by atoms with Gasteiger partial charge in [-0.05, 0) is 23.8 Å². The monoisotopic (exact) mass is 260 g/mol. The van der Waals surface area contributed by atoms with Crippen LogP contribution >= 0.6 is 0 Å². The molecule has 3 N–H and O–H groups in total. The normalized spacial score (nSPS) is 10.4. The molecule has 0 bridgehead atoms. The Labute approximate surface area is 107 Å². The van der Waals surface area contributed by atoms with Gasteiger partial charge in [-0.1, -0.05) is 0 Å². The number of carbonyl (C=O) groups is 2. The Kier molecular flexibility index (Phi) is 4.32. The van der Waals surface area contributed by atoms with Crippen LogP contribution in [0.4, 0.5) is 10.5 Å². The maximum Gasteiger partial charge on any atom is 0.319 e. The zero-order valence-electron chi connectivity index (χ0n) is 9.49. The van der Waals surface area contributed by atoms with Crippen molar-refractivity contribution in [3.63, 3.8) is 0 Å². The quantitative estimate of drug-likeness (QED) is 0.356. The van der Waals surface area contributed by atoms with E-state index in [1.54, 1.807) is 11.4 Å². The minimum absolute atomic E-state index is 0.114. The van der Waals surface area contributed by atoms with E-state index in [1.165, 1.54) is 30.3 Å². The molecule has 0 aliphatic heterocycles. The Morgan fingerprint density at radius 3 is 2.37 bits per heavy atom. The van der Waals surface area contributed by atoms with Gasteiger partial charge < -0.3 is 5.73 Å². The van der Waals surface area contributed by atoms with Crippen LogP contribution in [0, 0.1) is 21.4 Å². The molecule has 0 aliphatic rings. The van der Waals surface area contributed by atoms with E-state index in [2.05, 4.69) is 0 Å². The van der Waals surface area contributed by atoms with E-state index in [0.717, 1.165) is 0 Å². The largest absolute Gasteiger partial charge is 0.351 e. The number of amides is 3. The van der Waals surface area contributed by atoms with E-state index in [0.29, 0.717) is 5.56 Å². The molecule has 3 amide bonds. The van der Waals surface area contributed by atoms with Crippen LogP contribution in [0.2, 0.25) is 0 Å². The average molecular weight is 260 g/mol. The van der Waals surface area contributed by atoms with Crippen LogP contribution in [0.1, 0.15) is 5.56 Å². The SMILES string of the molecule is N#C/C(=C/c1ccc([N+](=O)[O-])cc1)C(=O)NC(N)=O. The Morgan fingerprint density at radius 2 is 1.95 bits per heavy atom. The Hall–Kier alpha value is -3.21. The molecule has 8 nitrogen and oxygen atoms in total. The Morgan fingerprint density at radius 1 is 1.37 bits per heavy atom. The van der Waals surface area contributed by atoms with Gasteiger partial charge in [0.2, 0.25) is 0 Å². The molecular formula is C11H8N4O4. The highest BCUT2D eigenvalue weighted by Crippen LogP contribution is 2.14. The summed E-state index contributed by atoms with van der Waals surface area (Å²) in [6.07, 6.45) is 1.18. The fourth-order valence-corrected chi connectivity index (χ4v) is 1.19. The lowest BCUT2D eigenvalue weighted by molar-refractivity contribution is -0.384. The zero-order chi connectivity index (χ0) is 14.4. The molecule has 1 rings (SSSR count). The van der Waals surface area contributed by atoms with Crippen LogP contribution in [-0.2, 0) is 4.79 Å². The molecule has 8 heteroatoms. The standard InChI is InChI=1S/C11H8N4O4/c12-6-8(10(16)14-11(13)17)5-7-1-3-9(4-2-7)15(18)19/h1-5H,(H3,13,14,16,17)/b8-5-. The summed E-state index contributed by atoms with van der Waals surface area (Å²) in [4.78, 5) is 31.7. The second kappa shape index (κ2) is 5.92. The summed E-state index contributed by atoms with van der Waals surface area (Å²) in [6.45, 7) is 0. The number of nitrogens with two attached hydrogens (primary N) is 1. The number of urea groups is 1. The molecule has 0 atom stereocenters. The number of nitrogens with one attached hydrogen (secondary N) is 1. The minimum Gasteiger partial charge on any atom is -0.351 e. The van der Waals surface area contributed by atoms with Gasteiger partial charge in [0.25, 0.3) is 11.6 Å². The van der Waals surface area contributed by atoms with Crippen molar-refractivity contribution in [2.24, 2.45) is 5.73 Å². The van der Waals surface area contributed by atoms with Gasteiger partial charge in [0.05, 0.1) is 4.92 Å². The van der Waals surface area contributed by atoms with Gasteiger partial charge in [0.15, 0.2) is 0 Å². The van der Waals surface area contributed by atoms with Gasteiger partial charge in [-0.3, -0.25) is 20.2 Å². The van der Waals surface area contributed by atoms with E-state index in [4.69, 9.17) is 11.0 Å². The lowest BCUT2D eigenvalue weighted by Crippen LogP contribution is -2.35. The fourth-order valence-electron chi connectivity index (χ4n) is 1.19. The van der Waals surface area contributed by atoms with Crippen molar-refractivity contribution >= 4 is 23.7 Å². The summed E-state index contributed by atoms with van der Waals surface area (Å²) in [5, 5.41) is 21.0. The van der Waals surface area contributed by atoms with Crippen LogP contribution in [0.5, 0.6) is 0 Å². The molecule has 0 fully saturated rings. The molecule has 96 valence electrons. The summed E-state index contributed by atoms with van der Waals surface area (Å²) in [6, 6.07) is 5.72. The number of benzene rings is 1. The highest BCUT2D eigenvalue weighted by molar-refractivity contribution is 6.08. The minimum atomic E-state index is -1.07. The first-order chi connectivity index (χ1) is 8.93. The third kappa shape index (κ3) is 3.94. The van der Waals surface area contributed by atoms with Gasteiger partial charge in [-0.15, -0.1) is 0 Å². The van der Waals surface area contributed by atoms with E-state index < -0.39 is 16.9 Å². The van der Waals surface area contributed by atoms with Gasteiger partial charge in [-0.2, -0.15) is 5.26 Å². The van der Waals surface area contributed by atoms with E-state index in [-0.39, 0.29) is 11.3 Å². The molecule has 19 heavy (non-hydrogen) atoms. The second-order valence-electron chi connectivity index (χ2n) is 3.34. The summed E-state index contributed by atoms with van der Waals surface area (Å²) in [5.41, 5.74) is 4.70. The van der Waals surface area contributed by atoms with E-state index >= 15 is 0 Å². The average Bonchev–Trinajstić information content (AvgIpc) is 2.35. The highest BCUT2D eigenvalue weighted by Gasteiger charge is 2.11. The van der Waals surface area contributed by atoms with Crippen molar-refractivity contribution in [3.8, 4) is 6.07 Å². The van der Waals surface area contributed by atoms with Crippen LogP contribution in [0.3, 0.4) is 0 Å². The van der Waals surface area contributed by atoms with Crippen LogP contribution in [-0.4, -0.2) is 16.9 Å². The van der Waals surface area contributed by atoms with Gasteiger partial charge in [0.1, 0.15) is 11.6 Å². The molecule has 1 aromatic rings. The van der Waals surface area contributed by atoms with Gasteiger partial charge >= 0.3 is 6.03 Å². The lowest BCUT2D eigenvalue weighted by atomic mass is 10.1. The highest BCUT2D eigenvalue weighted by atomic mass is 16.6. The van der Waals surface area contributed by atoms with Crippen molar-refractivity contribution in [2.75, 3.05) is 0 Å². The summed E-state index contributed by atoms with van der Waals surface area (Å²) in [7, 11) is 0. The van der Waals surface area contributed by atoms with Crippen molar-refractivity contribution in [1.29, 1.82) is 5.26 Å². The zero-order valence-corrected chi connectivity index (χ0v) is 9.49. The summed E-state index contributed by atoms with van der Waals surface area (Å²) < 4.78 is 0. The topological polar surface area (TPSA) is 139 Å². The second-order valence-corrected chi connectivity index (χ2v) is 3.34.